The van der Waals surface area contributed by atoms with Crippen LogP contribution in [0.4, 0.5) is 5.82 Å². The van der Waals surface area contributed by atoms with E-state index in [1.807, 2.05) is 19.2 Å². The van der Waals surface area contributed by atoms with Gasteiger partial charge >= 0.3 is 0 Å². The Bertz CT molecular complexity index is 1400. The maximum absolute atomic E-state index is 13.2. The Hall–Kier alpha value is -3.28. The second-order valence-electron chi connectivity index (χ2n) is 7.39. The van der Waals surface area contributed by atoms with E-state index < -0.39 is 10.0 Å². The maximum Gasteiger partial charge on any atom is 0.266 e. The average Bonchev–Trinajstić information content (AvgIpc) is 3.44. The van der Waals surface area contributed by atoms with Crippen LogP contribution in [0.15, 0.2) is 52.1 Å². The van der Waals surface area contributed by atoms with Crippen LogP contribution in [0.2, 0.25) is 0 Å². The van der Waals surface area contributed by atoms with Crippen molar-refractivity contribution < 1.29 is 22.4 Å². The third kappa shape index (κ3) is 4.96. The molecule has 0 saturated heterocycles. The second kappa shape index (κ2) is 10.3. The monoisotopic (exact) mass is 507 g/mol. The first-order valence-electron chi connectivity index (χ1n) is 10.3. The fraction of sp³-hybridized carbons (Fsp3) is 0.273. The molecule has 0 aliphatic heterocycles. The molecule has 0 saturated carbocycles. The van der Waals surface area contributed by atoms with Crippen molar-refractivity contribution in [3.05, 3.63) is 59.4 Å². The molecular formula is C22H26ClN5O5S. The number of hydrogen-bond donors (Lipinski definition) is 2. The molecule has 0 amide bonds. The van der Waals surface area contributed by atoms with Crippen molar-refractivity contribution in [3.8, 4) is 11.5 Å². The highest BCUT2D eigenvalue weighted by atomic mass is 35.5. The maximum atomic E-state index is 13.2. The van der Waals surface area contributed by atoms with Gasteiger partial charge in [0.2, 0.25) is 0 Å². The van der Waals surface area contributed by atoms with E-state index in [9.17, 15) is 8.42 Å². The number of benzene rings is 2. The van der Waals surface area contributed by atoms with Crippen molar-refractivity contribution in [1.29, 1.82) is 0 Å². The zero-order valence-corrected chi connectivity index (χ0v) is 20.6. The number of aryl methyl sites for hydroxylation is 1. The lowest BCUT2D eigenvalue weighted by Crippen LogP contribution is -2.15. The number of methoxy groups -OCH3 is 2. The molecule has 0 bridgehead atoms. The Morgan fingerprint density at radius 1 is 1.12 bits per heavy atom. The van der Waals surface area contributed by atoms with Gasteiger partial charge in [0.15, 0.2) is 11.4 Å². The zero-order valence-electron chi connectivity index (χ0n) is 18.9. The number of halogens is 1. The first-order chi connectivity index (χ1) is 15.9. The largest absolute Gasteiger partial charge is 0.496 e. The summed E-state index contributed by atoms with van der Waals surface area (Å²) in [5.74, 6) is 0.841. The summed E-state index contributed by atoms with van der Waals surface area (Å²) in [4.78, 5) is 0.0264. The zero-order chi connectivity index (χ0) is 23.6. The van der Waals surface area contributed by atoms with Crippen LogP contribution in [0.1, 0.15) is 23.6 Å². The molecule has 2 aromatic heterocycles. The molecule has 4 rings (SSSR count). The quantitative estimate of drug-likeness (QED) is 0.352. The van der Waals surface area contributed by atoms with Crippen LogP contribution in [0.3, 0.4) is 0 Å². The van der Waals surface area contributed by atoms with Gasteiger partial charge in [-0.2, -0.15) is 5.10 Å². The molecule has 4 aromatic rings. The summed E-state index contributed by atoms with van der Waals surface area (Å²) in [6.45, 7) is 2.76. The van der Waals surface area contributed by atoms with Gasteiger partial charge in [-0.25, -0.2) is 8.42 Å². The van der Waals surface area contributed by atoms with Gasteiger partial charge in [-0.15, -0.1) is 12.4 Å². The summed E-state index contributed by atoms with van der Waals surface area (Å²) in [7, 11) is -1.03. The summed E-state index contributed by atoms with van der Waals surface area (Å²) < 4.78 is 46.8. The lowest BCUT2D eigenvalue weighted by atomic mass is 10.1. The second-order valence-corrected chi connectivity index (χ2v) is 9.04. The number of anilines is 1. The molecule has 0 fully saturated rings. The van der Waals surface area contributed by atoms with Gasteiger partial charge in [0, 0.05) is 23.9 Å². The predicted octanol–water partition coefficient (Wildman–Crippen LogP) is 3.33. The van der Waals surface area contributed by atoms with Crippen molar-refractivity contribution in [3.63, 3.8) is 0 Å². The van der Waals surface area contributed by atoms with Crippen molar-refractivity contribution >= 4 is 39.2 Å². The fourth-order valence-electron chi connectivity index (χ4n) is 3.50. The third-order valence-corrected chi connectivity index (χ3v) is 6.64. The molecule has 0 aliphatic rings. The van der Waals surface area contributed by atoms with E-state index in [0.29, 0.717) is 36.2 Å². The molecule has 10 nitrogen and oxygen atoms in total. The van der Waals surface area contributed by atoms with E-state index in [1.54, 1.807) is 35.1 Å². The number of hydrogen-bond acceptors (Lipinski definition) is 8. The number of nitrogens with two attached hydrogens (primary N) is 1. The van der Waals surface area contributed by atoms with Crippen LogP contribution < -0.4 is 19.9 Å². The summed E-state index contributed by atoms with van der Waals surface area (Å²) in [5.41, 5.74) is 8.62. The van der Waals surface area contributed by atoms with Crippen LogP contribution in [-0.4, -0.2) is 37.6 Å². The minimum atomic E-state index is -3.99. The van der Waals surface area contributed by atoms with Gasteiger partial charge in [-0.05, 0) is 36.2 Å². The minimum absolute atomic E-state index is 0. The SMILES string of the molecule is CCc1ccc(OC)c(S(=O)(=O)Nc2noc3cc(Cn4cc(CN)cn4)c(OC)cc23)c1.Cl. The van der Waals surface area contributed by atoms with Gasteiger partial charge in [-0.3, -0.25) is 9.40 Å². The van der Waals surface area contributed by atoms with Crippen molar-refractivity contribution in [1.82, 2.24) is 14.9 Å². The van der Waals surface area contributed by atoms with Gasteiger partial charge in [0.05, 0.1) is 32.3 Å². The topological polar surface area (TPSA) is 134 Å². The van der Waals surface area contributed by atoms with E-state index in [2.05, 4.69) is 15.0 Å². The number of nitrogens with one attached hydrogen (secondary N) is 1. The summed E-state index contributed by atoms with van der Waals surface area (Å²) in [5, 5.41) is 8.70. The lowest BCUT2D eigenvalue weighted by molar-refractivity contribution is 0.402. The molecule has 2 aromatic carbocycles. The Morgan fingerprint density at radius 2 is 1.88 bits per heavy atom. The first-order valence-corrected chi connectivity index (χ1v) is 11.7. The highest BCUT2D eigenvalue weighted by molar-refractivity contribution is 7.92. The van der Waals surface area contributed by atoms with Gasteiger partial charge in [-0.1, -0.05) is 18.1 Å². The molecule has 182 valence electrons. The van der Waals surface area contributed by atoms with Crippen LogP contribution in [0, 0.1) is 0 Å². The van der Waals surface area contributed by atoms with E-state index in [0.717, 1.165) is 16.7 Å². The smallest absolute Gasteiger partial charge is 0.266 e. The van der Waals surface area contributed by atoms with Crippen molar-refractivity contribution in [2.75, 3.05) is 18.9 Å². The Morgan fingerprint density at radius 3 is 2.53 bits per heavy atom. The highest BCUT2D eigenvalue weighted by Gasteiger charge is 2.24. The molecule has 3 N–H and O–H groups in total. The fourth-order valence-corrected chi connectivity index (χ4v) is 4.73. The Labute approximate surface area is 203 Å². The molecule has 34 heavy (non-hydrogen) atoms. The normalized spacial score (nSPS) is 11.3. The number of fused-ring (bicyclic) bond motifs is 1. The standard InChI is InChI=1S/C22H25N5O5S.ClH/c1-4-14-5-6-18(30-2)21(7-14)33(28,29)26-22-17-9-19(31-3)16(8-20(17)32-25-22)13-27-12-15(10-23)11-24-27;/h5-9,11-12H,4,10,13,23H2,1-3H3,(H,25,26);1H. The van der Waals surface area contributed by atoms with Crippen molar-refractivity contribution in [2.24, 2.45) is 5.73 Å². The van der Waals surface area contributed by atoms with Crippen LogP contribution >= 0.6 is 12.4 Å². The molecule has 2 heterocycles. The molecular weight excluding hydrogens is 482 g/mol. The Balaban J connectivity index is 0.00000324. The van der Waals surface area contributed by atoms with Gasteiger partial charge in [0.25, 0.3) is 10.0 Å². The summed E-state index contributed by atoms with van der Waals surface area (Å²) in [6, 6.07) is 8.48. The minimum Gasteiger partial charge on any atom is -0.496 e. The lowest BCUT2D eigenvalue weighted by Gasteiger charge is -2.12. The van der Waals surface area contributed by atoms with Gasteiger partial charge in [0.1, 0.15) is 16.4 Å². The number of aromatic nitrogens is 3. The molecule has 12 heteroatoms. The van der Waals surface area contributed by atoms with E-state index in [4.69, 9.17) is 19.7 Å². The van der Waals surface area contributed by atoms with E-state index in [1.165, 1.54) is 14.2 Å². The number of nitrogens with zero attached hydrogens (tertiary/aromatic N) is 3. The molecule has 0 spiro atoms. The van der Waals surface area contributed by atoms with Crippen LogP contribution in [-0.2, 0) is 29.5 Å². The number of sulfonamides is 1. The molecule has 0 radical (unpaired) electrons. The molecule has 0 aliphatic carbocycles. The van der Waals surface area contributed by atoms with Crippen molar-refractivity contribution in [2.45, 2.75) is 31.3 Å². The Kier molecular flexibility index (Phi) is 7.70. The van der Waals surface area contributed by atoms with E-state index >= 15 is 0 Å². The highest BCUT2D eigenvalue weighted by Crippen LogP contribution is 2.33. The number of ether oxygens (including phenoxy) is 2. The summed E-state index contributed by atoms with van der Waals surface area (Å²) >= 11 is 0. The first kappa shape index (κ1) is 25.3. The van der Waals surface area contributed by atoms with Crippen LogP contribution in [0.25, 0.3) is 11.0 Å². The summed E-state index contributed by atoms with van der Waals surface area (Å²) in [6.07, 6.45) is 4.23. The molecule has 0 unspecified atom stereocenters. The van der Waals surface area contributed by atoms with Gasteiger partial charge < -0.3 is 19.7 Å². The predicted molar refractivity (Wildman–Crippen MR) is 130 cm³/mol. The average molecular weight is 508 g/mol. The molecule has 0 atom stereocenters. The third-order valence-electron chi connectivity index (χ3n) is 5.28. The van der Waals surface area contributed by atoms with Crippen LogP contribution in [0.5, 0.6) is 11.5 Å². The van der Waals surface area contributed by atoms with E-state index in [-0.39, 0.29) is 28.9 Å². The number of rotatable bonds is 9.